The lowest BCUT2D eigenvalue weighted by Crippen LogP contribution is -2.57. The maximum absolute atomic E-state index is 13.2. The normalized spacial score (nSPS) is 21.6. The quantitative estimate of drug-likeness (QED) is 0.775. The fourth-order valence-corrected chi connectivity index (χ4v) is 3.97. The second-order valence-corrected chi connectivity index (χ2v) is 8.48. The second-order valence-electron chi connectivity index (χ2n) is 6.64. The summed E-state index contributed by atoms with van der Waals surface area (Å²) in [5, 5.41) is 4.38. The first-order valence-corrected chi connectivity index (χ1v) is 10.6. The molecule has 0 radical (unpaired) electrons. The number of rotatable bonds is 4. The molecule has 1 aromatic rings. The molecule has 1 amide bonds. The fraction of sp³-hybridized carbons (Fsp3) is 0.250. The number of allylic oxidation sites excluding steroid dienone is 6. The molecule has 4 rings (SSSR count). The molecule has 1 unspecified atom stereocenters. The molecular formula is C20H21N3O4S. The highest BCUT2D eigenvalue weighted by Gasteiger charge is 2.46. The zero-order valence-electron chi connectivity index (χ0n) is 15.6. The molecule has 8 heteroatoms. The minimum absolute atomic E-state index is 0.198. The van der Waals surface area contributed by atoms with E-state index < -0.39 is 16.2 Å². The Hall–Kier alpha value is -2.84. The summed E-state index contributed by atoms with van der Waals surface area (Å²) < 4.78 is 30.3. The smallest absolute Gasteiger partial charge is 0.270 e. The summed E-state index contributed by atoms with van der Waals surface area (Å²) in [7, 11) is -2.19. The lowest BCUT2D eigenvalue weighted by molar-refractivity contribution is -0.184. The molecule has 0 spiro atoms. The molecule has 28 heavy (non-hydrogen) atoms. The Morgan fingerprint density at radius 1 is 1.21 bits per heavy atom. The van der Waals surface area contributed by atoms with Gasteiger partial charge in [-0.1, -0.05) is 48.6 Å². The Labute approximate surface area is 164 Å². The Bertz CT molecular complexity index is 1020. The van der Waals surface area contributed by atoms with E-state index in [9.17, 15) is 13.2 Å². The van der Waals surface area contributed by atoms with Crippen molar-refractivity contribution >= 4 is 16.0 Å². The van der Waals surface area contributed by atoms with Gasteiger partial charge in [-0.2, -0.15) is 8.42 Å². The van der Waals surface area contributed by atoms with Gasteiger partial charge in [0.1, 0.15) is 0 Å². The highest BCUT2D eigenvalue weighted by atomic mass is 32.2. The summed E-state index contributed by atoms with van der Waals surface area (Å²) in [6.07, 6.45) is 10.2. The van der Waals surface area contributed by atoms with Gasteiger partial charge in [-0.25, -0.2) is 15.1 Å². The number of carbonyl (C=O) groups excluding carboxylic acids is 1. The Balaban J connectivity index is 1.92. The monoisotopic (exact) mass is 399 g/mol. The van der Waals surface area contributed by atoms with Crippen LogP contribution in [0.5, 0.6) is 0 Å². The number of likely N-dealkylation sites (N-methyl/N-ethyl adjacent to an activating group) is 1. The largest absolute Gasteiger partial charge is 0.287 e. The van der Waals surface area contributed by atoms with E-state index in [1.807, 2.05) is 42.5 Å². The number of hydrazine groups is 1. The molecule has 0 aromatic heterocycles. The van der Waals surface area contributed by atoms with E-state index in [1.54, 1.807) is 30.4 Å². The minimum atomic E-state index is -3.86. The zero-order chi connectivity index (χ0) is 19.9. The number of hydrogen-bond acceptors (Lipinski definition) is 6. The number of benzene rings is 1. The molecule has 0 bridgehead atoms. The van der Waals surface area contributed by atoms with Crippen LogP contribution in [0.4, 0.5) is 0 Å². The topological polar surface area (TPSA) is 70.2 Å². The van der Waals surface area contributed by atoms with E-state index in [-0.39, 0.29) is 11.7 Å². The summed E-state index contributed by atoms with van der Waals surface area (Å²) in [4.78, 5) is 13.2. The summed E-state index contributed by atoms with van der Waals surface area (Å²) in [6.45, 7) is 1.51. The molecule has 0 saturated carbocycles. The Morgan fingerprint density at radius 2 is 1.96 bits per heavy atom. The van der Waals surface area contributed by atoms with Crippen LogP contribution in [0.3, 0.4) is 0 Å². The Morgan fingerprint density at radius 3 is 2.68 bits per heavy atom. The third-order valence-corrected chi connectivity index (χ3v) is 6.04. The predicted octanol–water partition coefficient (Wildman–Crippen LogP) is 2.63. The SMILES string of the molecule is CCS(=O)(=O)ON1C2=C3CC=CC=C3C=CN2N(C)C(=O)C1c1ccccc1. The molecule has 1 atom stereocenters. The number of hydrogen-bond donors (Lipinski definition) is 0. The lowest BCUT2D eigenvalue weighted by atomic mass is 9.94. The molecule has 0 N–H and O–H groups in total. The van der Waals surface area contributed by atoms with Crippen molar-refractivity contribution in [3.05, 3.63) is 83.4 Å². The van der Waals surface area contributed by atoms with Crippen LogP contribution in [-0.4, -0.2) is 42.2 Å². The average Bonchev–Trinajstić information content (AvgIpc) is 2.72. The first-order valence-electron chi connectivity index (χ1n) is 9.04. The van der Waals surface area contributed by atoms with Crippen molar-refractivity contribution in [2.24, 2.45) is 0 Å². The molecule has 2 heterocycles. The van der Waals surface area contributed by atoms with Crippen molar-refractivity contribution in [2.75, 3.05) is 12.8 Å². The van der Waals surface area contributed by atoms with E-state index in [1.165, 1.54) is 17.0 Å². The van der Waals surface area contributed by atoms with Crippen LogP contribution in [0.1, 0.15) is 24.9 Å². The average molecular weight is 399 g/mol. The van der Waals surface area contributed by atoms with Crippen LogP contribution >= 0.6 is 0 Å². The summed E-state index contributed by atoms with van der Waals surface area (Å²) >= 11 is 0. The van der Waals surface area contributed by atoms with Gasteiger partial charge in [-0.05, 0) is 30.6 Å². The second kappa shape index (κ2) is 6.96. The number of hydroxylamine groups is 2. The molecule has 2 aliphatic heterocycles. The number of amides is 1. The molecule has 1 aromatic carbocycles. The van der Waals surface area contributed by atoms with Crippen molar-refractivity contribution in [3.63, 3.8) is 0 Å². The van der Waals surface area contributed by atoms with Crippen molar-refractivity contribution in [1.29, 1.82) is 0 Å². The zero-order valence-corrected chi connectivity index (χ0v) is 16.5. The maximum atomic E-state index is 13.2. The van der Waals surface area contributed by atoms with Crippen molar-refractivity contribution < 1.29 is 17.5 Å². The third-order valence-electron chi connectivity index (χ3n) is 4.95. The van der Waals surface area contributed by atoms with Gasteiger partial charge in [-0.3, -0.25) is 4.79 Å². The van der Waals surface area contributed by atoms with Gasteiger partial charge in [0.2, 0.25) is 0 Å². The van der Waals surface area contributed by atoms with E-state index >= 15 is 0 Å². The summed E-state index contributed by atoms with van der Waals surface area (Å²) in [5.74, 6) is 0.0483. The van der Waals surface area contributed by atoms with Crippen LogP contribution in [0.15, 0.2) is 77.8 Å². The van der Waals surface area contributed by atoms with Crippen molar-refractivity contribution in [3.8, 4) is 0 Å². The number of fused-ring (bicyclic) bond motifs is 2. The highest BCUT2D eigenvalue weighted by Crippen LogP contribution is 2.41. The number of carbonyl (C=O) groups is 1. The first kappa shape index (κ1) is 18.5. The van der Waals surface area contributed by atoms with Crippen LogP contribution < -0.4 is 0 Å². The van der Waals surface area contributed by atoms with E-state index in [4.69, 9.17) is 4.28 Å². The van der Waals surface area contributed by atoms with Gasteiger partial charge >= 0.3 is 0 Å². The van der Waals surface area contributed by atoms with Gasteiger partial charge < -0.3 is 0 Å². The van der Waals surface area contributed by atoms with E-state index in [0.717, 1.165) is 11.1 Å². The van der Waals surface area contributed by atoms with Gasteiger partial charge in [0.05, 0.1) is 5.75 Å². The fourth-order valence-electron chi connectivity index (χ4n) is 3.46. The summed E-state index contributed by atoms with van der Waals surface area (Å²) in [6, 6.07) is 8.15. The minimum Gasteiger partial charge on any atom is -0.270 e. The standard InChI is InChI=1S/C20H21N3O4S/c1-3-28(25,26)27-23-18(16-10-5-4-6-11-16)20(24)21(2)22-14-13-15-9-7-8-12-17(15)19(22)23/h4-11,13-14,18H,3,12H2,1-2H3. The molecule has 1 saturated heterocycles. The van der Waals surface area contributed by atoms with Gasteiger partial charge in [0, 0.05) is 18.8 Å². The molecule has 7 nitrogen and oxygen atoms in total. The van der Waals surface area contributed by atoms with Gasteiger partial charge in [0.25, 0.3) is 16.0 Å². The first-order chi connectivity index (χ1) is 13.4. The third kappa shape index (κ3) is 3.04. The van der Waals surface area contributed by atoms with E-state index in [2.05, 4.69) is 0 Å². The lowest BCUT2D eigenvalue weighted by Gasteiger charge is -2.48. The van der Waals surface area contributed by atoms with Gasteiger partial charge in [0.15, 0.2) is 11.9 Å². The van der Waals surface area contributed by atoms with Crippen molar-refractivity contribution in [2.45, 2.75) is 19.4 Å². The van der Waals surface area contributed by atoms with E-state index in [0.29, 0.717) is 17.8 Å². The highest BCUT2D eigenvalue weighted by molar-refractivity contribution is 7.86. The molecule has 146 valence electrons. The van der Waals surface area contributed by atoms with Crippen LogP contribution in [0.25, 0.3) is 0 Å². The predicted molar refractivity (Wildman–Crippen MR) is 104 cm³/mol. The van der Waals surface area contributed by atoms with Crippen molar-refractivity contribution in [1.82, 2.24) is 15.1 Å². The summed E-state index contributed by atoms with van der Waals surface area (Å²) in [5.41, 5.74) is 2.52. The number of nitrogens with zero attached hydrogens (tertiary/aromatic N) is 3. The van der Waals surface area contributed by atoms with Crippen LogP contribution in [0, 0.1) is 0 Å². The molecule has 1 aliphatic carbocycles. The molecule has 3 aliphatic rings. The Kier molecular flexibility index (Phi) is 4.60. The van der Waals surface area contributed by atoms with Crippen LogP contribution in [0.2, 0.25) is 0 Å². The maximum Gasteiger partial charge on any atom is 0.287 e. The molecular weight excluding hydrogens is 378 g/mol. The molecule has 1 fully saturated rings. The van der Waals surface area contributed by atoms with Gasteiger partial charge in [-0.15, -0.1) is 4.28 Å². The van der Waals surface area contributed by atoms with Crippen LogP contribution in [-0.2, 0) is 19.2 Å².